The zero-order valence-corrected chi connectivity index (χ0v) is 13.4. The molecule has 4 rings (SSSR count). The molecule has 1 N–H and O–H groups in total. The molecule has 2 aromatic heterocycles. The lowest BCUT2D eigenvalue weighted by molar-refractivity contribution is 0.0951. The largest absolute Gasteiger partial charge is 0.349 e. The summed E-state index contributed by atoms with van der Waals surface area (Å²) in [6.07, 6.45) is 9.43. The van der Waals surface area contributed by atoms with Crippen molar-refractivity contribution in [2.75, 3.05) is 0 Å². The first-order valence-electron chi connectivity index (χ1n) is 8.07. The molecule has 1 aliphatic carbocycles. The first-order valence-corrected chi connectivity index (χ1v) is 8.07. The smallest absolute Gasteiger partial charge is 0.251 e. The van der Waals surface area contributed by atoms with Gasteiger partial charge in [0.1, 0.15) is 0 Å². The lowest BCUT2D eigenvalue weighted by Crippen LogP contribution is -2.25. The van der Waals surface area contributed by atoms with Crippen molar-refractivity contribution in [1.29, 1.82) is 0 Å². The Kier molecular flexibility index (Phi) is 3.61. The molecule has 5 nitrogen and oxygen atoms in total. The number of carbonyl (C=O) groups is 1. The average Bonchev–Trinajstić information content (AvgIpc) is 3.28. The molecule has 1 aromatic carbocycles. The van der Waals surface area contributed by atoms with E-state index >= 15 is 0 Å². The predicted molar refractivity (Wildman–Crippen MR) is 92.0 cm³/mol. The van der Waals surface area contributed by atoms with Crippen LogP contribution in [0.4, 0.5) is 0 Å². The van der Waals surface area contributed by atoms with Gasteiger partial charge in [-0.1, -0.05) is 6.07 Å². The lowest BCUT2D eigenvalue weighted by atomic mass is 10.0. The van der Waals surface area contributed by atoms with Crippen molar-refractivity contribution < 1.29 is 4.79 Å². The topological polar surface area (TPSA) is 59.8 Å². The molecule has 0 saturated heterocycles. The first kappa shape index (κ1) is 14.6. The van der Waals surface area contributed by atoms with Crippen LogP contribution in [-0.2, 0) is 0 Å². The second-order valence-corrected chi connectivity index (χ2v) is 6.15. The van der Waals surface area contributed by atoms with Crippen molar-refractivity contribution in [3.63, 3.8) is 0 Å². The van der Waals surface area contributed by atoms with E-state index in [1.807, 2.05) is 48.0 Å². The van der Waals surface area contributed by atoms with Crippen LogP contribution in [0.25, 0.3) is 16.9 Å². The summed E-state index contributed by atoms with van der Waals surface area (Å²) in [6, 6.07) is 9.98. The first-order chi connectivity index (χ1) is 11.7. The van der Waals surface area contributed by atoms with Crippen LogP contribution in [0.1, 0.15) is 28.8 Å². The Hall–Kier alpha value is -2.95. The van der Waals surface area contributed by atoms with E-state index in [-0.39, 0.29) is 5.91 Å². The number of pyridine rings is 1. The Bertz CT molecular complexity index is 881. The molecule has 0 spiro atoms. The highest BCUT2D eigenvalue weighted by Gasteiger charge is 2.24. The van der Waals surface area contributed by atoms with Gasteiger partial charge >= 0.3 is 0 Å². The Morgan fingerprint density at radius 2 is 2.17 bits per heavy atom. The van der Waals surface area contributed by atoms with Crippen molar-refractivity contribution in [1.82, 2.24) is 19.9 Å². The third-order valence-electron chi connectivity index (χ3n) is 4.21. The SMILES string of the molecule is Cc1ccc(C(=O)NC2CC2)cc1-c1cn(-c2cccnc2)cn1. The zero-order chi connectivity index (χ0) is 16.5. The molecule has 0 unspecified atom stereocenters. The van der Waals surface area contributed by atoms with E-state index in [0.717, 1.165) is 35.3 Å². The molecule has 2 heterocycles. The van der Waals surface area contributed by atoms with Gasteiger partial charge in [0.25, 0.3) is 5.91 Å². The number of rotatable bonds is 4. The molecular formula is C19H18N4O. The molecule has 1 aliphatic rings. The Morgan fingerprint density at radius 3 is 2.92 bits per heavy atom. The van der Waals surface area contributed by atoms with Crippen LogP contribution in [0.5, 0.6) is 0 Å². The summed E-state index contributed by atoms with van der Waals surface area (Å²) in [4.78, 5) is 20.9. The Labute approximate surface area is 140 Å². The number of nitrogens with one attached hydrogen (secondary N) is 1. The highest BCUT2D eigenvalue weighted by atomic mass is 16.1. The molecule has 1 saturated carbocycles. The van der Waals surface area contributed by atoms with Gasteiger partial charge in [-0.05, 0) is 49.6 Å². The van der Waals surface area contributed by atoms with E-state index in [0.29, 0.717) is 11.6 Å². The van der Waals surface area contributed by atoms with Crippen LogP contribution >= 0.6 is 0 Å². The van der Waals surface area contributed by atoms with Crippen molar-refractivity contribution in [2.24, 2.45) is 0 Å². The number of aryl methyl sites for hydroxylation is 1. The van der Waals surface area contributed by atoms with E-state index in [2.05, 4.69) is 15.3 Å². The molecule has 3 aromatic rings. The van der Waals surface area contributed by atoms with Gasteiger partial charge in [-0.3, -0.25) is 9.78 Å². The van der Waals surface area contributed by atoms with Gasteiger partial charge in [0, 0.05) is 29.6 Å². The maximum Gasteiger partial charge on any atom is 0.251 e. The van der Waals surface area contributed by atoms with E-state index in [4.69, 9.17) is 0 Å². The summed E-state index contributed by atoms with van der Waals surface area (Å²) < 4.78 is 1.93. The van der Waals surface area contributed by atoms with E-state index in [1.165, 1.54) is 0 Å². The van der Waals surface area contributed by atoms with Crippen LogP contribution < -0.4 is 5.32 Å². The summed E-state index contributed by atoms with van der Waals surface area (Å²) in [5.74, 6) is -0.00885. The maximum absolute atomic E-state index is 12.3. The number of benzene rings is 1. The fraction of sp³-hybridized carbons (Fsp3) is 0.211. The maximum atomic E-state index is 12.3. The molecule has 5 heteroatoms. The number of hydrogen-bond donors (Lipinski definition) is 1. The van der Waals surface area contributed by atoms with Gasteiger partial charge in [-0.2, -0.15) is 0 Å². The van der Waals surface area contributed by atoms with Gasteiger partial charge in [0.15, 0.2) is 0 Å². The zero-order valence-electron chi connectivity index (χ0n) is 13.4. The minimum atomic E-state index is -0.00885. The summed E-state index contributed by atoms with van der Waals surface area (Å²) in [5, 5.41) is 3.03. The van der Waals surface area contributed by atoms with Crippen LogP contribution in [0.15, 0.2) is 55.2 Å². The summed E-state index contributed by atoms with van der Waals surface area (Å²) in [5.41, 5.74) is 4.54. The monoisotopic (exact) mass is 318 g/mol. The minimum absolute atomic E-state index is 0.00885. The number of hydrogen-bond acceptors (Lipinski definition) is 3. The van der Waals surface area contributed by atoms with Crippen LogP contribution in [0, 0.1) is 6.92 Å². The van der Waals surface area contributed by atoms with Gasteiger partial charge in [-0.25, -0.2) is 4.98 Å². The van der Waals surface area contributed by atoms with E-state index in [9.17, 15) is 4.79 Å². The van der Waals surface area contributed by atoms with E-state index < -0.39 is 0 Å². The second-order valence-electron chi connectivity index (χ2n) is 6.15. The fourth-order valence-corrected chi connectivity index (χ4v) is 2.65. The predicted octanol–water partition coefficient (Wildman–Crippen LogP) is 3.13. The quantitative estimate of drug-likeness (QED) is 0.804. The van der Waals surface area contributed by atoms with E-state index in [1.54, 1.807) is 18.7 Å². The van der Waals surface area contributed by atoms with Crippen LogP contribution in [-0.4, -0.2) is 26.5 Å². The number of imidazole rings is 1. The average molecular weight is 318 g/mol. The third kappa shape index (κ3) is 2.93. The molecule has 0 bridgehead atoms. The van der Waals surface area contributed by atoms with Crippen LogP contribution in [0.3, 0.4) is 0 Å². The number of carbonyl (C=O) groups excluding carboxylic acids is 1. The van der Waals surface area contributed by atoms with Gasteiger partial charge in [0.05, 0.1) is 23.9 Å². The highest BCUT2D eigenvalue weighted by molar-refractivity contribution is 5.96. The molecule has 1 amide bonds. The van der Waals surface area contributed by atoms with Gasteiger partial charge in [-0.15, -0.1) is 0 Å². The molecule has 0 atom stereocenters. The third-order valence-corrected chi connectivity index (χ3v) is 4.21. The summed E-state index contributed by atoms with van der Waals surface area (Å²) in [6.45, 7) is 2.03. The number of amides is 1. The number of nitrogens with zero attached hydrogens (tertiary/aromatic N) is 3. The highest BCUT2D eigenvalue weighted by Crippen LogP contribution is 2.25. The summed E-state index contributed by atoms with van der Waals surface area (Å²) in [7, 11) is 0. The Morgan fingerprint density at radius 1 is 1.29 bits per heavy atom. The van der Waals surface area contributed by atoms with Gasteiger partial charge in [0.2, 0.25) is 0 Å². The van der Waals surface area contributed by atoms with Crippen molar-refractivity contribution in [3.8, 4) is 16.9 Å². The molecule has 120 valence electrons. The number of aromatic nitrogens is 3. The standard InChI is InChI=1S/C19H18N4O/c1-13-4-5-14(19(24)22-15-6-7-15)9-17(13)18-11-23(12-21-18)16-3-2-8-20-10-16/h2-5,8-12,15H,6-7H2,1H3,(H,22,24). The Balaban J connectivity index is 1.66. The molecule has 0 radical (unpaired) electrons. The molecule has 0 aliphatic heterocycles. The normalized spacial score (nSPS) is 13.7. The fourth-order valence-electron chi connectivity index (χ4n) is 2.65. The summed E-state index contributed by atoms with van der Waals surface area (Å²) >= 11 is 0. The molecular weight excluding hydrogens is 300 g/mol. The minimum Gasteiger partial charge on any atom is -0.349 e. The van der Waals surface area contributed by atoms with Crippen molar-refractivity contribution in [3.05, 3.63) is 66.4 Å². The van der Waals surface area contributed by atoms with Gasteiger partial charge < -0.3 is 9.88 Å². The van der Waals surface area contributed by atoms with Crippen molar-refractivity contribution in [2.45, 2.75) is 25.8 Å². The second kappa shape index (κ2) is 5.92. The van der Waals surface area contributed by atoms with Crippen molar-refractivity contribution >= 4 is 5.91 Å². The molecule has 1 fully saturated rings. The molecule has 24 heavy (non-hydrogen) atoms. The lowest BCUT2D eigenvalue weighted by Gasteiger charge is -2.07. The van der Waals surface area contributed by atoms with Crippen LogP contribution in [0.2, 0.25) is 0 Å².